The van der Waals surface area contributed by atoms with E-state index in [4.69, 9.17) is 4.74 Å². The molecule has 4 nitrogen and oxygen atoms in total. The van der Waals surface area contributed by atoms with Crippen molar-refractivity contribution in [3.05, 3.63) is 35.4 Å². The van der Waals surface area contributed by atoms with Crippen molar-refractivity contribution in [3.8, 4) is 0 Å². The molecule has 1 rings (SSSR count). The summed E-state index contributed by atoms with van der Waals surface area (Å²) < 4.78 is 43.0. The van der Waals surface area contributed by atoms with Gasteiger partial charge in [-0.05, 0) is 37.6 Å². The summed E-state index contributed by atoms with van der Waals surface area (Å²) in [6, 6.07) is 2.98. The molecule has 0 spiro atoms. The molecule has 0 aliphatic rings. The number of carbonyl (C=O) groups is 2. The molecular weight excluding hydrogens is 431 g/mol. The number of rotatable bonds is 17. The summed E-state index contributed by atoms with van der Waals surface area (Å²) in [5.41, 5.74) is -0.775. The van der Waals surface area contributed by atoms with E-state index in [0.717, 1.165) is 43.5 Å². The number of ether oxygens (including phenoxy) is 1. The minimum atomic E-state index is -4.46. The normalized spacial score (nSPS) is 12.4. The number of benzene rings is 1. The SMILES string of the molecule is CCCCCCCCCCCCCCCOC(=O)[C@H](C)NC(=O)c1ccc(C(F)(F)F)cc1. The third-order valence-corrected chi connectivity index (χ3v) is 5.67. The molecule has 1 aromatic rings. The fourth-order valence-electron chi connectivity index (χ4n) is 3.57. The lowest BCUT2D eigenvalue weighted by molar-refractivity contribution is -0.145. The molecule has 0 saturated heterocycles. The summed E-state index contributed by atoms with van der Waals surface area (Å²) in [5.74, 6) is -1.16. The van der Waals surface area contributed by atoms with E-state index in [1.54, 1.807) is 0 Å². The van der Waals surface area contributed by atoms with Gasteiger partial charge in [-0.3, -0.25) is 4.79 Å². The van der Waals surface area contributed by atoms with Crippen LogP contribution in [0.5, 0.6) is 0 Å². The first-order valence-corrected chi connectivity index (χ1v) is 12.4. The number of carbonyl (C=O) groups excluding carboxylic acids is 2. The van der Waals surface area contributed by atoms with Gasteiger partial charge in [-0.25, -0.2) is 4.79 Å². The average Bonchev–Trinajstić information content (AvgIpc) is 2.78. The smallest absolute Gasteiger partial charge is 0.416 e. The van der Waals surface area contributed by atoms with E-state index < -0.39 is 29.7 Å². The van der Waals surface area contributed by atoms with Gasteiger partial charge in [0.25, 0.3) is 5.91 Å². The molecular formula is C26H40F3NO3. The molecule has 1 aromatic carbocycles. The highest BCUT2D eigenvalue weighted by atomic mass is 19.4. The van der Waals surface area contributed by atoms with Crippen LogP contribution in [-0.4, -0.2) is 24.5 Å². The molecule has 0 unspecified atom stereocenters. The molecule has 0 aliphatic carbocycles. The molecule has 1 amide bonds. The monoisotopic (exact) mass is 471 g/mol. The lowest BCUT2D eigenvalue weighted by atomic mass is 10.0. The number of amides is 1. The van der Waals surface area contributed by atoms with E-state index in [2.05, 4.69) is 12.2 Å². The lowest BCUT2D eigenvalue weighted by Crippen LogP contribution is -2.39. The van der Waals surface area contributed by atoms with Crippen LogP contribution in [0.15, 0.2) is 24.3 Å². The number of hydrogen-bond donors (Lipinski definition) is 1. The Morgan fingerprint density at radius 1 is 0.818 bits per heavy atom. The molecule has 1 atom stereocenters. The van der Waals surface area contributed by atoms with Gasteiger partial charge in [-0.2, -0.15) is 13.2 Å². The van der Waals surface area contributed by atoms with E-state index in [-0.39, 0.29) is 5.56 Å². The molecule has 0 radical (unpaired) electrons. The fraction of sp³-hybridized carbons (Fsp3) is 0.692. The van der Waals surface area contributed by atoms with Gasteiger partial charge in [-0.1, -0.05) is 84.0 Å². The standard InChI is InChI=1S/C26H40F3NO3/c1-3-4-5-6-7-8-9-10-11-12-13-14-15-20-33-25(32)21(2)30-24(31)22-16-18-23(19-17-22)26(27,28)29/h16-19,21H,3-15,20H2,1-2H3,(H,30,31)/t21-/m0/s1. The third kappa shape index (κ3) is 13.3. The largest absolute Gasteiger partial charge is 0.464 e. The van der Waals surface area contributed by atoms with Crippen LogP contribution in [0.1, 0.15) is 113 Å². The minimum absolute atomic E-state index is 0.0548. The first-order valence-electron chi connectivity index (χ1n) is 12.4. The predicted octanol–water partition coefficient (Wildman–Crippen LogP) is 7.46. The Morgan fingerprint density at radius 2 is 1.27 bits per heavy atom. The Balaban J connectivity index is 2.07. The average molecular weight is 472 g/mol. The van der Waals surface area contributed by atoms with Crippen LogP contribution in [0.4, 0.5) is 13.2 Å². The first-order chi connectivity index (χ1) is 15.8. The third-order valence-electron chi connectivity index (χ3n) is 5.67. The van der Waals surface area contributed by atoms with E-state index in [0.29, 0.717) is 6.61 Å². The summed E-state index contributed by atoms with van der Waals surface area (Å²) in [4.78, 5) is 24.2. The van der Waals surface area contributed by atoms with Gasteiger partial charge in [0, 0.05) is 5.56 Å². The van der Waals surface area contributed by atoms with Crippen LogP contribution < -0.4 is 5.32 Å². The van der Waals surface area contributed by atoms with Crippen LogP contribution in [0.2, 0.25) is 0 Å². The summed E-state index contributed by atoms with van der Waals surface area (Å²) in [7, 11) is 0. The molecule has 0 bridgehead atoms. The van der Waals surface area contributed by atoms with Crippen molar-refractivity contribution < 1.29 is 27.5 Å². The Bertz CT molecular complexity index is 674. The van der Waals surface area contributed by atoms with Crippen molar-refractivity contribution in [2.45, 2.75) is 110 Å². The summed E-state index contributed by atoms with van der Waals surface area (Å²) in [6.45, 7) is 4.03. The lowest BCUT2D eigenvalue weighted by Gasteiger charge is -2.14. The van der Waals surface area contributed by atoms with E-state index in [9.17, 15) is 22.8 Å². The van der Waals surface area contributed by atoms with Gasteiger partial charge in [0.05, 0.1) is 12.2 Å². The van der Waals surface area contributed by atoms with E-state index in [1.165, 1.54) is 71.1 Å². The summed E-state index contributed by atoms with van der Waals surface area (Å²) >= 11 is 0. The van der Waals surface area contributed by atoms with Gasteiger partial charge in [0.15, 0.2) is 0 Å². The van der Waals surface area contributed by atoms with Crippen molar-refractivity contribution in [1.29, 1.82) is 0 Å². The van der Waals surface area contributed by atoms with Crippen LogP contribution >= 0.6 is 0 Å². The minimum Gasteiger partial charge on any atom is -0.464 e. The van der Waals surface area contributed by atoms with Gasteiger partial charge in [0.1, 0.15) is 6.04 Å². The highest BCUT2D eigenvalue weighted by molar-refractivity contribution is 5.96. The Kier molecular flexibility index (Phi) is 14.5. The number of alkyl halides is 3. The highest BCUT2D eigenvalue weighted by Crippen LogP contribution is 2.29. The molecule has 7 heteroatoms. The summed E-state index contributed by atoms with van der Waals surface area (Å²) in [6.07, 6.45) is 11.6. The number of unbranched alkanes of at least 4 members (excludes halogenated alkanes) is 12. The van der Waals surface area contributed by atoms with Crippen LogP contribution in [-0.2, 0) is 15.7 Å². The van der Waals surface area contributed by atoms with E-state index >= 15 is 0 Å². The van der Waals surface area contributed by atoms with Crippen molar-refractivity contribution in [1.82, 2.24) is 5.32 Å². The molecule has 0 saturated carbocycles. The molecule has 33 heavy (non-hydrogen) atoms. The molecule has 0 fully saturated rings. The zero-order valence-electron chi connectivity index (χ0n) is 20.1. The topological polar surface area (TPSA) is 55.4 Å². The zero-order chi connectivity index (χ0) is 24.5. The van der Waals surface area contributed by atoms with Crippen LogP contribution in [0.25, 0.3) is 0 Å². The van der Waals surface area contributed by atoms with Gasteiger partial charge in [0.2, 0.25) is 0 Å². The Labute approximate surface area is 196 Å². The second-order valence-corrected chi connectivity index (χ2v) is 8.68. The number of nitrogens with one attached hydrogen (secondary N) is 1. The van der Waals surface area contributed by atoms with E-state index in [1.807, 2.05) is 0 Å². The Hall–Kier alpha value is -2.05. The number of halogens is 3. The van der Waals surface area contributed by atoms with Crippen LogP contribution in [0.3, 0.4) is 0 Å². The van der Waals surface area contributed by atoms with Crippen molar-refractivity contribution in [3.63, 3.8) is 0 Å². The molecule has 1 N–H and O–H groups in total. The second-order valence-electron chi connectivity index (χ2n) is 8.68. The van der Waals surface area contributed by atoms with Crippen molar-refractivity contribution in [2.24, 2.45) is 0 Å². The van der Waals surface area contributed by atoms with Crippen molar-refractivity contribution in [2.75, 3.05) is 6.61 Å². The van der Waals surface area contributed by atoms with Gasteiger partial charge in [-0.15, -0.1) is 0 Å². The maximum atomic E-state index is 12.6. The predicted molar refractivity (Wildman–Crippen MR) is 125 cm³/mol. The highest BCUT2D eigenvalue weighted by Gasteiger charge is 2.30. The maximum Gasteiger partial charge on any atom is 0.416 e. The number of hydrogen-bond acceptors (Lipinski definition) is 3. The zero-order valence-corrected chi connectivity index (χ0v) is 20.1. The first kappa shape index (κ1) is 29.0. The maximum absolute atomic E-state index is 12.6. The quantitative estimate of drug-likeness (QED) is 0.189. The number of esters is 1. The van der Waals surface area contributed by atoms with Gasteiger partial charge >= 0.3 is 12.1 Å². The molecule has 0 heterocycles. The Morgan fingerprint density at radius 3 is 1.73 bits per heavy atom. The molecule has 0 aromatic heterocycles. The van der Waals surface area contributed by atoms with Gasteiger partial charge < -0.3 is 10.1 Å². The fourth-order valence-corrected chi connectivity index (χ4v) is 3.57. The second kappa shape index (κ2) is 16.5. The molecule has 0 aliphatic heterocycles. The molecule has 188 valence electrons. The summed E-state index contributed by atoms with van der Waals surface area (Å²) in [5, 5.41) is 2.46. The van der Waals surface area contributed by atoms with Crippen molar-refractivity contribution >= 4 is 11.9 Å². The van der Waals surface area contributed by atoms with Crippen LogP contribution in [0, 0.1) is 0 Å².